The number of rotatable bonds is 9. The minimum absolute atomic E-state index is 0.106. The van der Waals surface area contributed by atoms with Crippen molar-refractivity contribution in [2.75, 3.05) is 14.2 Å². The van der Waals surface area contributed by atoms with Gasteiger partial charge in [-0.25, -0.2) is 4.79 Å². The lowest BCUT2D eigenvalue weighted by Gasteiger charge is -2.27. The highest BCUT2D eigenvalue weighted by molar-refractivity contribution is 6.01. The van der Waals surface area contributed by atoms with E-state index in [4.69, 9.17) is 14.2 Å². The quantitative estimate of drug-likeness (QED) is 0.351. The van der Waals surface area contributed by atoms with Crippen LogP contribution in [0.15, 0.2) is 60.8 Å². The Balaban J connectivity index is 1.49. The largest absolute Gasteiger partial charge is 0.496 e. The second-order valence-corrected chi connectivity index (χ2v) is 9.37. The van der Waals surface area contributed by atoms with Crippen LogP contribution in [-0.4, -0.2) is 52.4 Å². The Morgan fingerprint density at radius 1 is 1.05 bits per heavy atom. The molecule has 0 aliphatic heterocycles. The van der Waals surface area contributed by atoms with Crippen molar-refractivity contribution < 1.29 is 29.2 Å². The van der Waals surface area contributed by atoms with Gasteiger partial charge in [-0.05, 0) is 54.7 Å². The fourth-order valence-corrected chi connectivity index (χ4v) is 5.12. The maximum absolute atomic E-state index is 11.7. The van der Waals surface area contributed by atoms with E-state index in [9.17, 15) is 15.0 Å². The normalized spacial score (nSPS) is 14.9. The van der Waals surface area contributed by atoms with Crippen LogP contribution in [0.1, 0.15) is 38.7 Å². The van der Waals surface area contributed by atoms with E-state index in [2.05, 4.69) is 17.2 Å². The number of hydrogen-bond acceptors (Lipinski definition) is 6. The smallest absolute Gasteiger partial charge is 0.337 e. The van der Waals surface area contributed by atoms with Crippen molar-refractivity contribution in [2.24, 2.45) is 0 Å². The first-order chi connectivity index (χ1) is 17.9. The summed E-state index contributed by atoms with van der Waals surface area (Å²) < 4.78 is 19.2. The topological polar surface area (TPSA) is 103 Å². The summed E-state index contributed by atoms with van der Waals surface area (Å²) in [5.41, 5.74) is 4.46. The highest BCUT2D eigenvalue weighted by Gasteiger charge is 2.31. The van der Waals surface area contributed by atoms with Gasteiger partial charge in [0, 0.05) is 17.1 Å². The van der Waals surface area contributed by atoms with Crippen LogP contribution in [0.2, 0.25) is 0 Å². The Morgan fingerprint density at radius 2 is 1.70 bits per heavy atom. The molecule has 2 unspecified atom stereocenters. The number of carbonyl (C=O) groups is 1. The summed E-state index contributed by atoms with van der Waals surface area (Å²) in [5.74, 6) is 0.180. The number of aliphatic hydroxyl groups excluding tert-OH is 1. The van der Waals surface area contributed by atoms with Gasteiger partial charge in [0.1, 0.15) is 29.2 Å². The van der Waals surface area contributed by atoms with Gasteiger partial charge in [-0.15, -0.1) is 0 Å². The van der Waals surface area contributed by atoms with E-state index in [-0.39, 0.29) is 18.2 Å². The molecule has 0 saturated heterocycles. The predicted molar refractivity (Wildman–Crippen MR) is 138 cm³/mol. The highest BCUT2D eigenvalue weighted by Crippen LogP contribution is 2.35. The molecule has 8 heteroatoms. The molecule has 1 aliphatic carbocycles. The van der Waals surface area contributed by atoms with Gasteiger partial charge in [0.05, 0.1) is 32.4 Å². The van der Waals surface area contributed by atoms with Crippen LogP contribution >= 0.6 is 0 Å². The molecule has 0 bridgehead atoms. The molecule has 0 radical (unpaired) electrons. The maximum Gasteiger partial charge on any atom is 0.337 e. The van der Waals surface area contributed by atoms with Gasteiger partial charge in [0.15, 0.2) is 0 Å². The van der Waals surface area contributed by atoms with E-state index in [1.165, 1.54) is 17.2 Å². The van der Waals surface area contributed by atoms with Gasteiger partial charge < -0.3 is 24.4 Å². The average molecular weight is 503 g/mol. The molecule has 192 valence electrons. The predicted octanol–water partition coefficient (Wildman–Crippen LogP) is 4.35. The van der Waals surface area contributed by atoms with Gasteiger partial charge in [0.2, 0.25) is 0 Å². The third-order valence-electron chi connectivity index (χ3n) is 7.03. The van der Waals surface area contributed by atoms with E-state index in [1.807, 2.05) is 25.1 Å². The highest BCUT2D eigenvalue weighted by atomic mass is 16.5. The van der Waals surface area contributed by atoms with Crippen LogP contribution < -0.4 is 9.47 Å². The fraction of sp³-hybridized carbons (Fsp3) is 0.310. The lowest BCUT2D eigenvalue weighted by Crippen LogP contribution is -2.32. The molecule has 1 aliphatic rings. The van der Waals surface area contributed by atoms with E-state index >= 15 is 0 Å². The third kappa shape index (κ3) is 4.90. The van der Waals surface area contributed by atoms with Crippen molar-refractivity contribution in [1.82, 2.24) is 9.78 Å². The molecule has 37 heavy (non-hydrogen) atoms. The molecule has 0 fully saturated rings. The first kappa shape index (κ1) is 24.8. The molecule has 1 heterocycles. The lowest BCUT2D eigenvalue weighted by molar-refractivity contribution is -0.0835. The second kappa shape index (κ2) is 10.2. The molecule has 3 aromatic carbocycles. The lowest BCUT2D eigenvalue weighted by atomic mass is 10.0. The number of aromatic nitrogens is 2. The van der Waals surface area contributed by atoms with Gasteiger partial charge in [-0.3, -0.25) is 4.68 Å². The van der Waals surface area contributed by atoms with Crippen molar-refractivity contribution >= 4 is 16.9 Å². The Kier molecular flexibility index (Phi) is 6.86. The standard InChI is InChI=1S/C29H30N2O6/c1-17-24(35-2)13-21(14-25(17)36-3)28(32)26(37-22-11-18-7-4-5-8-19(18)12-22)16-31-15-20-9-6-10-23(29(33)34)27(20)30-31/h4-10,13-15,22,26,28,32H,11-12,16H2,1-3H3,(H,33,34). The minimum atomic E-state index is -1.04. The van der Waals surface area contributed by atoms with E-state index in [1.54, 1.807) is 43.3 Å². The van der Waals surface area contributed by atoms with Gasteiger partial charge in [-0.2, -0.15) is 5.10 Å². The number of fused-ring (bicyclic) bond motifs is 2. The first-order valence-electron chi connectivity index (χ1n) is 12.2. The van der Waals surface area contributed by atoms with Crippen LogP contribution in [0.5, 0.6) is 11.5 Å². The Bertz CT molecular complexity index is 1400. The van der Waals surface area contributed by atoms with Crippen LogP contribution in [-0.2, 0) is 24.1 Å². The van der Waals surface area contributed by atoms with Crippen LogP contribution in [0.25, 0.3) is 10.9 Å². The summed E-state index contributed by atoms with van der Waals surface area (Å²) in [4.78, 5) is 11.7. The molecule has 2 N–H and O–H groups in total. The number of benzene rings is 3. The Labute approximate surface area is 215 Å². The van der Waals surface area contributed by atoms with Crippen molar-refractivity contribution in [3.8, 4) is 11.5 Å². The van der Waals surface area contributed by atoms with E-state index in [0.717, 1.165) is 18.4 Å². The number of methoxy groups -OCH3 is 2. The zero-order valence-corrected chi connectivity index (χ0v) is 21.0. The van der Waals surface area contributed by atoms with Crippen molar-refractivity contribution in [3.63, 3.8) is 0 Å². The fourth-order valence-electron chi connectivity index (χ4n) is 5.12. The summed E-state index contributed by atoms with van der Waals surface area (Å²) in [6.07, 6.45) is 1.50. The number of ether oxygens (including phenoxy) is 3. The first-order valence-corrected chi connectivity index (χ1v) is 12.2. The minimum Gasteiger partial charge on any atom is -0.496 e. The van der Waals surface area contributed by atoms with Crippen LogP contribution in [0.3, 0.4) is 0 Å². The molecule has 4 aromatic rings. The molecule has 0 spiro atoms. The summed E-state index contributed by atoms with van der Waals surface area (Å²) in [6.45, 7) is 2.12. The number of aromatic carboxylic acids is 1. The van der Waals surface area contributed by atoms with Crippen molar-refractivity contribution in [1.29, 1.82) is 0 Å². The van der Waals surface area contributed by atoms with Crippen LogP contribution in [0, 0.1) is 6.92 Å². The molecule has 0 amide bonds. The van der Waals surface area contributed by atoms with Gasteiger partial charge in [-0.1, -0.05) is 36.4 Å². The summed E-state index contributed by atoms with van der Waals surface area (Å²) >= 11 is 0. The number of carboxylic acid groups (broad SMARTS) is 1. The zero-order valence-electron chi connectivity index (χ0n) is 21.0. The number of nitrogens with zero attached hydrogens (tertiary/aromatic N) is 2. The monoisotopic (exact) mass is 502 g/mol. The second-order valence-electron chi connectivity index (χ2n) is 9.37. The van der Waals surface area contributed by atoms with Crippen LogP contribution in [0.4, 0.5) is 0 Å². The van der Waals surface area contributed by atoms with Gasteiger partial charge >= 0.3 is 5.97 Å². The molecular weight excluding hydrogens is 472 g/mol. The zero-order chi connectivity index (χ0) is 26.1. The van der Waals surface area contributed by atoms with E-state index < -0.39 is 18.2 Å². The SMILES string of the molecule is COc1cc(C(O)C(Cn2cc3cccc(C(=O)O)c3n2)OC2Cc3ccccc3C2)cc(OC)c1C. The summed E-state index contributed by atoms with van der Waals surface area (Å²) in [7, 11) is 3.16. The van der Waals surface area contributed by atoms with E-state index in [0.29, 0.717) is 28.0 Å². The molecule has 5 rings (SSSR count). The van der Waals surface area contributed by atoms with Crippen molar-refractivity contribution in [2.45, 2.75) is 44.6 Å². The molecular formula is C29H30N2O6. The third-order valence-corrected chi connectivity index (χ3v) is 7.03. The number of aliphatic hydroxyl groups is 1. The number of hydrogen-bond donors (Lipinski definition) is 2. The Hall–Kier alpha value is -3.88. The molecule has 0 saturated carbocycles. The molecule has 2 atom stereocenters. The maximum atomic E-state index is 11.7. The van der Waals surface area contributed by atoms with Gasteiger partial charge in [0.25, 0.3) is 0 Å². The average Bonchev–Trinajstić information content (AvgIpc) is 3.50. The molecule has 8 nitrogen and oxygen atoms in total. The summed E-state index contributed by atoms with van der Waals surface area (Å²) in [5, 5.41) is 26.4. The number of carboxylic acids is 1. The Morgan fingerprint density at radius 3 is 2.30 bits per heavy atom. The van der Waals surface area contributed by atoms with Crippen molar-refractivity contribution in [3.05, 3.63) is 88.6 Å². The molecule has 1 aromatic heterocycles. The summed E-state index contributed by atoms with van der Waals surface area (Å²) in [6, 6.07) is 16.9.